The smallest absolute Gasteiger partial charge is 0.337 e. The van der Waals surface area contributed by atoms with Gasteiger partial charge >= 0.3 is 5.97 Å². The molecule has 126 valence electrons. The molecule has 24 heavy (non-hydrogen) atoms. The third kappa shape index (κ3) is 5.06. The van der Waals surface area contributed by atoms with Crippen molar-refractivity contribution in [1.82, 2.24) is 10.3 Å². The number of hydrogen-bond acceptors (Lipinski definition) is 5. The summed E-state index contributed by atoms with van der Waals surface area (Å²) in [7, 11) is -3.37. The number of carbonyl (C=O) groups is 2. The highest BCUT2D eigenvalue weighted by molar-refractivity contribution is 7.92. The van der Waals surface area contributed by atoms with Crippen molar-refractivity contribution in [3.8, 4) is 0 Å². The number of hydrogen-bond donors (Lipinski definition) is 3. The molecule has 9 heteroatoms. The second kappa shape index (κ2) is 7.09. The quantitative estimate of drug-likeness (QED) is 0.716. The lowest BCUT2D eigenvalue weighted by molar-refractivity contribution is 0.0695. The summed E-state index contributed by atoms with van der Waals surface area (Å²) in [5.74, 6) is -1.59. The van der Waals surface area contributed by atoms with Crippen molar-refractivity contribution >= 4 is 27.6 Å². The van der Waals surface area contributed by atoms with Gasteiger partial charge in [0.1, 0.15) is 5.69 Å². The molecule has 0 radical (unpaired) electrons. The molecule has 1 heterocycles. The fourth-order valence-electron chi connectivity index (χ4n) is 1.89. The summed E-state index contributed by atoms with van der Waals surface area (Å²) in [6.45, 7) is 0.167. The van der Waals surface area contributed by atoms with E-state index in [1.807, 2.05) is 0 Å². The third-order valence-electron chi connectivity index (χ3n) is 2.93. The summed E-state index contributed by atoms with van der Waals surface area (Å²) in [6.07, 6.45) is 2.15. The largest absolute Gasteiger partial charge is 0.478 e. The van der Waals surface area contributed by atoms with Crippen LogP contribution in [0.1, 0.15) is 26.4 Å². The summed E-state index contributed by atoms with van der Waals surface area (Å²) in [5, 5.41) is 11.4. The second-order valence-electron chi connectivity index (χ2n) is 4.99. The van der Waals surface area contributed by atoms with Gasteiger partial charge in [0.15, 0.2) is 0 Å². The molecule has 0 saturated heterocycles. The molecule has 0 bridgehead atoms. The molecule has 1 aromatic heterocycles. The van der Waals surface area contributed by atoms with Crippen LogP contribution in [0.25, 0.3) is 0 Å². The van der Waals surface area contributed by atoms with E-state index in [0.717, 1.165) is 12.5 Å². The molecule has 0 fully saturated rings. The van der Waals surface area contributed by atoms with E-state index in [0.29, 0.717) is 11.3 Å². The first-order valence-electron chi connectivity index (χ1n) is 6.79. The Morgan fingerprint density at radius 3 is 2.54 bits per heavy atom. The molecule has 1 amide bonds. The van der Waals surface area contributed by atoms with Gasteiger partial charge < -0.3 is 10.4 Å². The highest BCUT2D eigenvalue weighted by atomic mass is 32.2. The molecular weight excluding hydrogens is 334 g/mol. The van der Waals surface area contributed by atoms with Gasteiger partial charge in [0, 0.05) is 18.4 Å². The Hall–Kier alpha value is -2.94. The standard InChI is InChI=1S/C15H15N3O5S/c1-24(22,23)18-12-4-2-3-10(7-12)8-17-14(19)13-6-5-11(9-16-13)15(20)21/h2-7,9,18H,8H2,1H3,(H,17,19)(H,20,21). The van der Waals surface area contributed by atoms with Gasteiger partial charge in [-0.15, -0.1) is 0 Å². The molecule has 3 N–H and O–H groups in total. The molecule has 1 aromatic carbocycles. The van der Waals surface area contributed by atoms with E-state index < -0.39 is 21.9 Å². The highest BCUT2D eigenvalue weighted by Gasteiger charge is 2.09. The number of rotatable bonds is 6. The highest BCUT2D eigenvalue weighted by Crippen LogP contribution is 2.12. The van der Waals surface area contributed by atoms with Gasteiger partial charge in [-0.3, -0.25) is 14.5 Å². The lowest BCUT2D eigenvalue weighted by Crippen LogP contribution is -2.24. The Morgan fingerprint density at radius 2 is 1.96 bits per heavy atom. The van der Waals surface area contributed by atoms with Gasteiger partial charge in [-0.1, -0.05) is 12.1 Å². The average molecular weight is 349 g/mol. The summed E-state index contributed by atoms with van der Waals surface area (Å²) in [4.78, 5) is 26.5. The number of aromatic carboxylic acids is 1. The molecule has 0 spiro atoms. The van der Waals surface area contributed by atoms with Crippen LogP contribution >= 0.6 is 0 Å². The number of amides is 1. The van der Waals surface area contributed by atoms with Gasteiger partial charge in [0.25, 0.3) is 5.91 Å². The molecule has 2 aromatic rings. The molecular formula is C15H15N3O5S. The van der Waals surface area contributed by atoms with E-state index in [-0.39, 0.29) is 17.8 Å². The number of pyridine rings is 1. The number of nitrogens with zero attached hydrogens (tertiary/aromatic N) is 1. The van der Waals surface area contributed by atoms with Gasteiger partial charge in [0.2, 0.25) is 10.0 Å². The Kier molecular flexibility index (Phi) is 5.14. The second-order valence-corrected chi connectivity index (χ2v) is 6.74. The molecule has 0 saturated carbocycles. The number of carbonyl (C=O) groups excluding carboxylic acids is 1. The van der Waals surface area contributed by atoms with Crippen LogP contribution in [-0.2, 0) is 16.6 Å². The Labute approximate surface area is 138 Å². The van der Waals surface area contributed by atoms with E-state index in [9.17, 15) is 18.0 Å². The maximum Gasteiger partial charge on any atom is 0.337 e. The van der Waals surface area contributed by atoms with Crippen molar-refractivity contribution < 1.29 is 23.1 Å². The first kappa shape index (κ1) is 17.4. The summed E-state index contributed by atoms with van der Waals surface area (Å²) in [6, 6.07) is 9.20. The van der Waals surface area contributed by atoms with Crippen LogP contribution in [0.4, 0.5) is 5.69 Å². The average Bonchev–Trinajstić information content (AvgIpc) is 2.51. The minimum Gasteiger partial charge on any atom is -0.478 e. The fraction of sp³-hybridized carbons (Fsp3) is 0.133. The summed E-state index contributed by atoms with van der Waals surface area (Å²) < 4.78 is 24.8. The third-order valence-corrected chi connectivity index (χ3v) is 3.53. The van der Waals surface area contributed by atoms with Crippen LogP contribution in [0.15, 0.2) is 42.6 Å². The Balaban J connectivity index is 2.01. The first-order valence-corrected chi connectivity index (χ1v) is 8.68. The van der Waals surface area contributed by atoms with Crippen molar-refractivity contribution in [1.29, 1.82) is 0 Å². The van der Waals surface area contributed by atoms with Crippen LogP contribution in [-0.4, -0.2) is 36.6 Å². The molecule has 0 atom stereocenters. The van der Waals surface area contributed by atoms with Crippen molar-refractivity contribution in [3.05, 3.63) is 59.4 Å². The SMILES string of the molecule is CS(=O)(=O)Nc1cccc(CNC(=O)c2ccc(C(=O)O)cn2)c1. The zero-order valence-electron chi connectivity index (χ0n) is 12.7. The van der Waals surface area contributed by atoms with Crippen molar-refractivity contribution in [2.45, 2.75) is 6.54 Å². The minimum absolute atomic E-state index is 0.00824. The lowest BCUT2D eigenvalue weighted by Gasteiger charge is -2.08. The number of carboxylic acids is 1. The maximum atomic E-state index is 12.0. The number of sulfonamides is 1. The van der Waals surface area contributed by atoms with Crippen molar-refractivity contribution in [3.63, 3.8) is 0 Å². The zero-order valence-corrected chi connectivity index (χ0v) is 13.5. The topological polar surface area (TPSA) is 125 Å². The van der Waals surface area contributed by atoms with E-state index in [1.165, 1.54) is 12.1 Å². The van der Waals surface area contributed by atoms with Gasteiger partial charge in [-0.2, -0.15) is 0 Å². The van der Waals surface area contributed by atoms with Crippen LogP contribution in [0, 0.1) is 0 Å². The lowest BCUT2D eigenvalue weighted by atomic mass is 10.2. The maximum absolute atomic E-state index is 12.0. The number of benzene rings is 1. The van der Waals surface area contributed by atoms with E-state index >= 15 is 0 Å². The Bertz CT molecular complexity index is 863. The number of aromatic nitrogens is 1. The van der Waals surface area contributed by atoms with Gasteiger partial charge in [-0.05, 0) is 29.8 Å². The van der Waals surface area contributed by atoms with Crippen LogP contribution in [0.2, 0.25) is 0 Å². The van der Waals surface area contributed by atoms with Gasteiger partial charge in [-0.25, -0.2) is 13.2 Å². The van der Waals surface area contributed by atoms with Crippen LogP contribution in [0.5, 0.6) is 0 Å². The molecule has 0 aliphatic rings. The molecule has 2 rings (SSSR count). The van der Waals surface area contributed by atoms with Crippen molar-refractivity contribution in [2.24, 2.45) is 0 Å². The summed E-state index contributed by atoms with van der Waals surface area (Å²) in [5.41, 5.74) is 1.17. The van der Waals surface area contributed by atoms with E-state index in [4.69, 9.17) is 5.11 Å². The minimum atomic E-state index is -3.37. The van der Waals surface area contributed by atoms with Gasteiger partial charge in [0.05, 0.1) is 11.8 Å². The predicted molar refractivity (Wildman–Crippen MR) is 87.3 cm³/mol. The Morgan fingerprint density at radius 1 is 1.21 bits per heavy atom. The zero-order chi connectivity index (χ0) is 17.7. The normalized spacial score (nSPS) is 10.9. The number of carboxylic acid groups (broad SMARTS) is 1. The van der Waals surface area contributed by atoms with Crippen molar-refractivity contribution in [2.75, 3.05) is 11.0 Å². The number of nitrogens with one attached hydrogen (secondary N) is 2. The molecule has 0 aliphatic carbocycles. The summed E-state index contributed by atoms with van der Waals surface area (Å²) >= 11 is 0. The van der Waals surface area contributed by atoms with Crippen LogP contribution in [0.3, 0.4) is 0 Å². The molecule has 0 unspecified atom stereocenters. The van der Waals surface area contributed by atoms with E-state index in [1.54, 1.807) is 24.3 Å². The van der Waals surface area contributed by atoms with E-state index in [2.05, 4.69) is 15.0 Å². The molecule has 8 nitrogen and oxygen atoms in total. The molecule has 0 aliphatic heterocycles. The first-order chi connectivity index (χ1) is 11.2. The van der Waals surface area contributed by atoms with Crippen LogP contribution < -0.4 is 10.0 Å². The fourth-order valence-corrected chi connectivity index (χ4v) is 2.44. The predicted octanol–water partition coefficient (Wildman–Crippen LogP) is 1.08. The monoisotopic (exact) mass is 349 g/mol. The number of anilines is 1.